The van der Waals surface area contributed by atoms with Gasteiger partial charge in [-0.15, -0.1) is 0 Å². The minimum Gasteiger partial charge on any atom is -0.462 e. The molecule has 1 unspecified atom stereocenters. The van der Waals surface area contributed by atoms with Crippen molar-refractivity contribution in [2.45, 2.75) is 200 Å². The second-order valence-corrected chi connectivity index (χ2v) is 15.4. The Morgan fingerprint density at radius 2 is 0.750 bits per heavy atom. The number of esters is 3. The molecule has 0 fully saturated rings. The lowest BCUT2D eigenvalue weighted by Crippen LogP contribution is -2.30. The molecule has 0 aliphatic rings. The summed E-state index contributed by atoms with van der Waals surface area (Å²) >= 11 is 0. The summed E-state index contributed by atoms with van der Waals surface area (Å²) in [5.41, 5.74) is 0. The van der Waals surface area contributed by atoms with Crippen LogP contribution in [0.3, 0.4) is 0 Å². The second kappa shape index (κ2) is 47.7. The van der Waals surface area contributed by atoms with Crippen molar-refractivity contribution < 1.29 is 28.6 Å². The summed E-state index contributed by atoms with van der Waals surface area (Å²) in [5.74, 6) is -0.976. The minimum atomic E-state index is -0.805. The molecule has 0 aromatic carbocycles. The van der Waals surface area contributed by atoms with Crippen molar-refractivity contribution in [3.63, 3.8) is 0 Å². The standard InChI is InChI=1S/C54H86O6/c1-4-7-10-13-16-19-22-24-26-27-28-29-31-32-35-38-41-44-47-53(56)59-50-51(49-58-52(55)46-43-40-37-34-21-18-15-12-9-6-3)60-54(57)48-45-42-39-36-33-30-25-23-20-17-14-11-8-5-2/h8,10-11,13,15-20,22,24-30,51H,4-7,9,12,14,21,23,31-50H2,1-3H3/b11-8-,13-10-,18-15-,19-16-,20-17-,24-22-,27-26-,29-28-,30-25-. The van der Waals surface area contributed by atoms with Gasteiger partial charge >= 0.3 is 17.9 Å². The molecule has 0 aromatic heterocycles. The number of hydrogen-bond acceptors (Lipinski definition) is 6. The lowest BCUT2D eigenvalue weighted by molar-refractivity contribution is -0.167. The van der Waals surface area contributed by atoms with Crippen molar-refractivity contribution in [2.75, 3.05) is 13.2 Å². The first-order valence-electron chi connectivity index (χ1n) is 24.0. The molecule has 0 rings (SSSR count). The van der Waals surface area contributed by atoms with Crippen molar-refractivity contribution in [1.29, 1.82) is 0 Å². The Bertz CT molecular complexity index is 1280. The zero-order valence-electron chi connectivity index (χ0n) is 38.4. The number of unbranched alkanes of at least 4 members (excludes halogenated alkanes) is 16. The SMILES string of the molecule is CC/C=C\C/C=C\C/C=C\CCCCCCC(=O)OC(COC(=O)CCCCCC/C=C\CCCC)COC(=O)CCCCCCC\C=C/C=C\C=C/C=C\C=C/CCC. The van der Waals surface area contributed by atoms with Crippen LogP contribution in [0, 0.1) is 0 Å². The fourth-order valence-electron chi connectivity index (χ4n) is 5.99. The van der Waals surface area contributed by atoms with Gasteiger partial charge in [0.25, 0.3) is 0 Å². The maximum Gasteiger partial charge on any atom is 0.306 e. The highest BCUT2D eigenvalue weighted by Crippen LogP contribution is 2.12. The van der Waals surface area contributed by atoms with E-state index in [2.05, 4.69) is 93.7 Å². The molecule has 0 heterocycles. The highest BCUT2D eigenvalue weighted by atomic mass is 16.6. The average Bonchev–Trinajstić information content (AvgIpc) is 3.24. The average molecular weight is 831 g/mol. The summed E-state index contributed by atoms with van der Waals surface area (Å²) in [6.45, 7) is 6.31. The molecular formula is C54H86O6. The summed E-state index contributed by atoms with van der Waals surface area (Å²) in [6.07, 6.45) is 63.5. The van der Waals surface area contributed by atoms with E-state index in [0.717, 1.165) is 135 Å². The lowest BCUT2D eigenvalue weighted by atomic mass is 10.1. The normalized spacial score (nSPS) is 13.1. The van der Waals surface area contributed by atoms with Gasteiger partial charge in [-0.2, -0.15) is 0 Å². The molecule has 338 valence electrons. The largest absolute Gasteiger partial charge is 0.462 e. The van der Waals surface area contributed by atoms with E-state index in [9.17, 15) is 14.4 Å². The van der Waals surface area contributed by atoms with E-state index in [1.807, 2.05) is 36.5 Å². The Kier molecular flexibility index (Phi) is 44.6. The molecule has 0 N–H and O–H groups in total. The zero-order chi connectivity index (χ0) is 43.7. The molecule has 0 radical (unpaired) electrons. The summed E-state index contributed by atoms with van der Waals surface area (Å²) < 4.78 is 16.7. The van der Waals surface area contributed by atoms with Crippen LogP contribution in [0.2, 0.25) is 0 Å². The van der Waals surface area contributed by atoms with E-state index in [1.165, 1.54) is 19.3 Å². The van der Waals surface area contributed by atoms with Crippen molar-refractivity contribution >= 4 is 17.9 Å². The van der Waals surface area contributed by atoms with Crippen LogP contribution >= 0.6 is 0 Å². The fraction of sp³-hybridized carbons (Fsp3) is 0.611. The van der Waals surface area contributed by atoms with E-state index in [-0.39, 0.29) is 31.1 Å². The van der Waals surface area contributed by atoms with Crippen LogP contribution in [-0.2, 0) is 28.6 Å². The van der Waals surface area contributed by atoms with Crippen molar-refractivity contribution in [1.82, 2.24) is 0 Å². The number of hydrogen-bond donors (Lipinski definition) is 0. The maximum absolute atomic E-state index is 12.7. The van der Waals surface area contributed by atoms with Crippen molar-refractivity contribution in [3.8, 4) is 0 Å². The Hall–Kier alpha value is -3.93. The Morgan fingerprint density at radius 3 is 1.25 bits per heavy atom. The smallest absolute Gasteiger partial charge is 0.306 e. The predicted molar refractivity (Wildman–Crippen MR) is 256 cm³/mol. The molecule has 6 heteroatoms. The highest BCUT2D eigenvalue weighted by molar-refractivity contribution is 5.71. The van der Waals surface area contributed by atoms with Crippen molar-refractivity contribution in [3.05, 3.63) is 109 Å². The van der Waals surface area contributed by atoms with Crippen LogP contribution in [0.4, 0.5) is 0 Å². The summed E-state index contributed by atoms with van der Waals surface area (Å²) in [7, 11) is 0. The quantitative estimate of drug-likeness (QED) is 0.0201. The van der Waals surface area contributed by atoms with Gasteiger partial charge in [-0.25, -0.2) is 0 Å². The van der Waals surface area contributed by atoms with E-state index in [1.54, 1.807) is 0 Å². The molecule has 0 bridgehead atoms. The van der Waals surface area contributed by atoms with Gasteiger partial charge in [-0.3, -0.25) is 14.4 Å². The van der Waals surface area contributed by atoms with Crippen LogP contribution in [0.5, 0.6) is 0 Å². The summed E-state index contributed by atoms with van der Waals surface area (Å²) in [6, 6.07) is 0. The third kappa shape index (κ3) is 45.2. The first kappa shape index (κ1) is 56.1. The highest BCUT2D eigenvalue weighted by Gasteiger charge is 2.19. The van der Waals surface area contributed by atoms with E-state index >= 15 is 0 Å². The predicted octanol–water partition coefficient (Wildman–Crippen LogP) is 15.6. The Labute approximate surface area is 368 Å². The molecule has 1 atom stereocenters. The topological polar surface area (TPSA) is 78.9 Å². The lowest BCUT2D eigenvalue weighted by Gasteiger charge is -2.18. The first-order valence-corrected chi connectivity index (χ1v) is 24.0. The van der Waals surface area contributed by atoms with Crippen molar-refractivity contribution in [2.24, 2.45) is 0 Å². The summed E-state index contributed by atoms with van der Waals surface area (Å²) in [5, 5.41) is 0. The molecule has 0 spiro atoms. The number of allylic oxidation sites excluding steroid dienone is 18. The third-order valence-corrected chi connectivity index (χ3v) is 9.59. The monoisotopic (exact) mass is 831 g/mol. The molecule has 0 saturated heterocycles. The van der Waals surface area contributed by atoms with Crippen LogP contribution < -0.4 is 0 Å². The van der Waals surface area contributed by atoms with Gasteiger partial charge in [-0.05, 0) is 89.9 Å². The van der Waals surface area contributed by atoms with E-state index < -0.39 is 6.10 Å². The maximum atomic E-state index is 12.7. The second-order valence-electron chi connectivity index (χ2n) is 15.4. The molecular weight excluding hydrogens is 745 g/mol. The number of ether oxygens (including phenoxy) is 3. The third-order valence-electron chi connectivity index (χ3n) is 9.59. The summed E-state index contributed by atoms with van der Waals surface area (Å²) in [4.78, 5) is 37.8. The minimum absolute atomic E-state index is 0.105. The molecule has 60 heavy (non-hydrogen) atoms. The molecule has 0 saturated carbocycles. The van der Waals surface area contributed by atoms with Gasteiger partial charge in [0.05, 0.1) is 0 Å². The van der Waals surface area contributed by atoms with Gasteiger partial charge in [-0.1, -0.05) is 194 Å². The number of carbonyl (C=O) groups is 3. The molecule has 0 amide bonds. The molecule has 0 aliphatic heterocycles. The van der Waals surface area contributed by atoms with E-state index in [0.29, 0.717) is 19.3 Å². The fourth-order valence-corrected chi connectivity index (χ4v) is 5.99. The van der Waals surface area contributed by atoms with Crippen LogP contribution in [-0.4, -0.2) is 37.2 Å². The van der Waals surface area contributed by atoms with Gasteiger partial charge in [0, 0.05) is 19.3 Å². The van der Waals surface area contributed by atoms with Crippen LogP contribution in [0.15, 0.2) is 109 Å². The first-order chi connectivity index (χ1) is 29.5. The molecule has 0 aliphatic carbocycles. The Balaban J connectivity index is 4.49. The zero-order valence-corrected chi connectivity index (χ0v) is 38.4. The van der Waals surface area contributed by atoms with Gasteiger partial charge < -0.3 is 14.2 Å². The number of rotatable bonds is 41. The Morgan fingerprint density at radius 1 is 0.367 bits per heavy atom. The van der Waals surface area contributed by atoms with Gasteiger partial charge in [0.15, 0.2) is 6.10 Å². The van der Waals surface area contributed by atoms with Gasteiger partial charge in [0.1, 0.15) is 13.2 Å². The molecule has 0 aromatic rings. The number of carbonyl (C=O) groups excluding carboxylic acids is 3. The molecule has 6 nitrogen and oxygen atoms in total. The van der Waals surface area contributed by atoms with E-state index in [4.69, 9.17) is 14.2 Å². The van der Waals surface area contributed by atoms with Crippen LogP contribution in [0.25, 0.3) is 0 Å². The van der Waals surface area contributed by atoms with Gasteiger partial charge in [0.2, 0.25) is 0 Å². The van der Waals surface area contributed by atoms with Crippen LogP contribution in [0.1, 0.15) is 194 Å².